The Hall–Kier alpha value is -4.38. The minimum Gasteiger partial charge on any atom is -0.497 e. The van der Waals surface area contributed by atoms with Crippen molar-refractivity contribution in [1.82, 2.24) is 5.43 Å². The Labute approximate surface area is 216 Å². The van der Waals surface area contributed by atoms with Crippen molar-refractivity contribution in [3.63, 3.8) is 0 Å². The fraction of sp³-hybridized carbons (Fsp3) is 0.192. The minimum absolute atomic E-state index is 0.151. The third-order valence-corrected chi connectivity index (χ3v) is 6.16. The van der Waals surface area contributed by atoms with Crippen LogP contribution in [0.25, 0.3) is 0 Å². The summed E-state index contributed by atoms with van der Waals surface area (Å²) < 4.78 is 36.0. The van der Waals surface area contributed by atoms with Gasteiger partial charge in [0.2, 0.25) is 10.0 Å². The van der Waals surface area contributed by atoms with Crippen LogP contribution in [-0.4, -0.2) is 53.0 Å². The lowest BCUT2D eigenvalue weighted by molar-refractivity contribution is -0.119. The van der Waals surface area contributed by atoms with Crippen molar-refractivity contribution in [2.24, 2.45) is 5.10 Å². The normalized spacial score (nSPS) is 11.1. The lowest BCUT2D eigenvalue weighted by Crippen LogP contribution is -2.39. The van der Waals surface area contributed by atoms with E-state index < -0.39 is 22.5 Å². The highest BCUT2D eigenvalue weighted by Crippen LogP contribution is 2.22. The number of nitrogens with zero attached hydrogens (tertiary/aromatic N) is 2. The molecule has 0 spiro atoms. The molecule has 0 fully saturated rings. The number of amides is 2. The molecular formula is C26H28N4O6S. The molecule has 10 nitrogen and oxygen atoms in total. The van der Waals surface area contributed by atoms with Crippen molar-refractivity contribution >= 4 is 39.4 Å². The number of carbonyl (C=O) groups excluding carboxylic acids is 2. The van der Waals surface area contributed by atoms with Gasteiger partial charge in [0, 0.05) is 11.8 Å². The van der Waals surface area contributed by atoms with Gasteiger partial charge in [0.15, 0.2) is 6.61 Å². The molecule has 0 radical (unpaired) electrons. The maximum atomic E-state index is 12.3. The third kappa shape index (κ3) is 8.65. The summed E-state index contributed by atoms with van der Waals surface area (Å²) in [5.41, 5.74) is 5.06. The van der Waals surface area contributed by atoms with Gasteiger partial charge in [-0.05, 0) is 61.0 Å². The van der Waals surface area contributed by atoms with Crippen molar-refractivity contribution in [3.05, 3.63) is 83.9 Å². The highest BCUT2D eigenvalue weighted by molar-refractivity contribution is 7.92. The minimum atomic E-state index is -3.73. The van der Waals surface area contributed by atoms with Gasteiger partial charge in [-0.15, -0.1) is 0 Å². The smallest absolute Gasteiger partial charge is 0.262 e. The summed E-state index contributed by atoms with van der Waals surface area (Å²) in [4.78, 5) is 24.4. The fourth-order valence-electron chi connectivity index (χ4n) is 3.14. The predicted octanol–water partition coefficient (Wildman–Crippen LogP) is 2.94. The number of hydrogen-bond donors (Lipinski definition) is 2. The van der Waals surface area contributed by atoms with E-state index in [-0.39, 0.29) is 12.5 Å². The van der Waals surface area contributed by atoms with E-state index in [1.54, 1.807) is 42.5 Å². The highest BCUT2D eigenvalue weighted by Gasteiger charge is 2.21. The summed E-state index contributed by atoms with van der Waals surface area (Å²) in [5, 5.41) is 6.64. The van der Waals surface area contributed by atoms with Crippen LogP contribution in [-0.2, 0) is 19.6 Å². The molecule has 2 N–H and O–H groups in total. The van der Waals surface area contributed by atoms with Crippen LogP contribution in [0.1, 0.15) is 11.1 Å². The quantitative estimate of drug-likeness (QED) is 0.293. The summed E-state index contributed by atoms with van der Waals surface area (Å²) in [6.45, 7) is 1.36. The van der Waals surface area contributed by atoms with Gasteiger partial charge in [0.05, 0.1) is 25.3 Å². The molecule has 2 amide bonds. The first-order valence-electron chi connectivity index (χ1n) is 11.2. The number of aryl methyl sites for hydroxylation is 1. The molecule has 0 saturated carbocycles. The molecule has 194 valence electrons. The Kier molecular flexibility index (Phi) is 9.22. The van der Waals surface area contributed by atoms with Gasteiger partial charge in [-0.3, -0.25) is 13.9 Å². The molecule has 3 aromatic carbocycles. The first kappa shape index (κ1) is 27.2. The molecule has 0 saturated heterocycles. The molecule has 0 heterocycles. The Balaban J connectivity index is 1.50. The molecule has 0 bridgehead atoms. The first-order chi connectivity index (χ1) is 17.6. The van der Waals surface area contributed by atoms with E-state index in [4.69, 9.17) is 9.47 Å². The molecular weight excluding hydrogens is 496 g/mol. The second kappa shape index (κ2) is 12.5. The molecule has 3 rings (SSSR count). The van der Waals surface area contributed by atoms with Crippen LogP contribution < -0.4 is 24.5 Å². The van der Waals surface area contributed by atoms with Crippen LogP contribution in [0, 0.1) is 6.92 Å². The van der Waals surface area contributed by atoms with Gasteiger partial charge in [0.25, 0.3) is 11.8 Å². The zero-order valence-electron chi connectivity index (χ0n) is 20.7. The number of hydrogen-bond acceptors (Lipinski definition) is 7. The summed E-state index contributed by atoms with van der Waals surface area (Å²) in [5.74, 6) is 0.0459. The van der Waals surface area contributed by atoms with Crippen LogP contribution >= 0.6 is 0 Å². The van der Waals surface area contributed by atoms with Crippen LogP contribution in [0.4, 0.5) is 11.4 Å². The van der Waals surface area contributed by atoms with Gasteiger partial charge in [-0.2, -0.15) is 5.10 Å². The second-order valence-corrected chi connectivity index (χ2v) is 9.94. The van der Waals surface area contributed by atoms with Gasteiger partial charge < -0.3 is 14.8 Å². The number of ether oxygens (including phenoxy) is 2. The van der Waals surface area contributed by atoms with Crippen molar-refractivity contribution in [2.75, 3.05) is 36.1 Å². The van der Waals surface area contributed by atoms with Crippen LogP contribution in [0.2, 0.25) is 0 Å². The lowest BCUT2D eigenvalue weighted by atomic mass is 10.2. The number of carbonyl (C=O) groups is 2. The summed E-state index contributed by atoms with van der Waals surface area (Å²) in [6, 6.07) is 20.6. The predicted molar refractivity (Wildman–Crippen MR) is 143 cm³/mol. The van der Waals surface area contributed by atoms with Crippen LogP contribution in [0.3, 0.4) is 0 Å². The molecule has 0 aromatic heterocycles. The van der Waals surface area contributed by atoms with Crippen molar-refractivity contribution < 1.29 is 27.5 Å². The Bertz CT molecular complexity index is 1360. The molecule has 11 heteroatoms. The number of anilines is 2. The van der Waals surface area contributed by atoms with Crippen molar-refractivity contribution in [2.45, 2.75) is 6.92 Å². The standard InChI is InChI=1S/C26H28N4O6S/c1-19-7-11-21(12-8-19)28-26(32)18-36-23-13-9-20(10-14-23)16-27-29-25(31)17-30(37(3,33)34)22-5-4-6-24(15-22)35-2/h4-16H,17-18H2,1-3H3,(H,28,32)(H,29,31). The van der Waals surface area contributed by atoms with Crippen LogP contribution in [0.5, 0.6) is 11.5 Å². The molecule has 0 unspecified atom stereocenters. The number of sulfonamides is 1. The van der Waals surface area contributed by atoms with E-state index in [0.717, 1.165) is 16.1 Å². The van der Waals surface area contributed by atoms with E-state index in [0.29, 0.717) is 28.4 Å². The average Bonchev–Trinajstić information content (AvgIpc) is 2.87. The molecule has 3 aromatic rings. The summed E-state index contributed by atoms with van der Waals surface area (Å²) in [7, 11) is -2.26. The largest absolute Gasteiger partial charge is 0.497 e. The van der Waals surface area contributed by atoms with Gasteiger partial charge in [-0.1, -0.05) is 23.8 Å². The second-order valence-electron chi connectivity index (χ2n) is 8.04. The zero-order chi connectivity index (χ0) is 26.8. The van der Waals surface area contributed by atoms with Crippen molar-refractivity contribution in [1.29, 1.82) is 0 Å². The van der Waals surface area contributed by atoms with E-state index in [1.807, 2.05) is 31.2 Å². The van der Waals surface area contributed by atoms with Gasteiger partial charge >= 0.3 is 0 Å². The topological polar surface area (TPSA) is 126 Å². The SMILES string of the molecule is COc1cccc(N(CC(=O)NN=Cc2ccc(OCC(=O)Nc3ccc(C)cc3)cc2)S(C)(=O)=O)c1. The van der Waals surface area contributed by atoms with E-state index >= 15 is 0 Å². The maximum absolute atomic E-state index is 12.3. The van der Waals surface area contributed by atoms with Gasteiger partial charge in [0.1, 0.15) is 18.0 Å². The Morgan fingerprint density at radius 3 is 2.32 bits per heavy atom. The average molecular weight is 525 g/mol. The summed E-state index contributed by atoms with van der Waals surface area (Å²) in [6.07, 6.45) is 2.42. The lowest BCUT2D eigenvalue weighted by Gasteiger charge is -2.21. The molecule has 0 aliphatic heterocycles. The first-order valence-corrected chi connectivity index (χ1v) is 13.0. The van der Waals surface area contributed by atoms with E-state index in [2.05, 4.69) is 15.8 Å². The monoisotopic (exact) mass is 524 g/mol. The van der Waals surface area contributed by atoms with E-state index in [1.165, 1.54) is 19.4 Å². The van der Waals surface area contributed by atoms with Crippen LogP contribution in [0.15, 0.2) is 77.9 Å². The Morgan fingerprint density at radius 1 is 0.973 bits per heavy atom. The highest BCUT2D eigenvalue weighted by atomic mass is 32.2. The maximum Gasteiger partial charge on any atom is 0.262 e. The van der Waals surface area contributed by atoms with E-state index in [9.17, 15) is 18.0 Å². The summed E-state index contributed by atoms with van der Waals surface area (Å²) >= 11 is 0. The number of benzene rings is 3. The molecule has 0 aliphatic rings. The number of hydrazone groups is 1. The van der Waals surface area contributed by atoms with Gasteiger partial charge in [-0.25, -0.2) is 13.8 Å². The molecule has 0 aliphatic carbocycles. The number of rotatable bonds is 11. The molecule has 37 heavy (non-hydrogen) atoms. The Morgan fingerprint density at radius 2 is 1.68 bits per heavy atom. The number of methoxy groups -OCH3 is 1. The van der Waals surface area contributed by atoms with Crippen molar-refractivity contribution in [3.8, 4) is 11.5 Å². The zero-order valence-corrected chi connectivity index (χ0v) is 21.5. The number of nitrogens with one attached hydrogen (secondary N) is 2. The fourth-order valence-corrected chi connectivity index (χ4v) is 3.99. The molecule has 0 atom stereocenters. The third-order valence-electron chi connectivity index (χ3n) is 5.02.